The number of hydrogen-bond donors (Lipinski definition) is 2. The maximum atomic E-state index is 12.5. The van der Waals surface area contributed by atoms with Crippen molar-refractivity contribution >= 4 is 69.2 Å². The molecule has 0 aliphatic carbocycles. The number of ether oxygens (including phenoxy) is 1. The van der Waals surface area contributed by atoms with Gasteiger partial charge in [0.05, 0.1) is 27.0 Å². The zero-order valence-corrected chi connectivity index (χ0v) is 25.8. The normalized spacial score (nSPS) is 12.2. The number of carbonyl (C=O) groups is 1. The maximum absolute atomic E-state index is 12.5. The highest BCUT2D eigenvalue weighted by atomic mass is 32.2. The highest BCUT2D eigenvalue weighted by Crippen LogP contribution is 2.33. The first-order chi connectivity index (χ1) is 19.9. The average molecular weight is 664 g/mol. The van der Waals surface area contributed by atoms with Gasteiger partial charge in [-0.15, -0.1) is 13.2 Å². The van der Waals surface area contributed by atoms with Crippen LogP contribution >= 0.6 is 11.3 Å². The van der Waals surface area contributed by atoms with Crippen molar-refractivity contribution in [2.24, 2.45) is 7.05 Å². The topological polar surface area (TPSA) is 173 Å². The summed E-state index contributed by atoms with van der Waals surface area (Å²) in [5.41, 5.74) is 8.77. The van der Waals surface area contributed by atoms with E-state index in [0.717, 1.165) is 23.1 Å². The molecule has 0 saturated carbocycles. The van der Waals surface area contributed by atoms with Crippen LogP contribution in [0.25, 0.3) is 27.0 Å². The van der Waals surface area contributed by atoms with E-state index in [1.165, 1.54) is 24.5 Å². The molecular weight excluding hydrogens is 634 g/mol. The molecule has 43 heavy (non-hydrogen) atoms. The summed E-state index contributed by atoms with van der Waals surface area (Å²) in [4.78, 5) is 21.3. The molecule has 4 rings (SSSR count). The summed E-state index contributed by atoms with van der Waals surface area (Å²) in [6.45, 7) is 0.430. The first-order valence-electron chi connectivity index (χ1n) is 12.6. The standard InChI is InChI=1S/C21H20F3N5O4S2.C4H10NO2S/c1-29-16-7-4-12(18(30)25-8-3-9-35(2,31)32)10-15(16)26-19(29)28-20-27-14-6-5-13(11-17(14)34-20)33-21(22,23)24;1-8(6,7)4-2-3-5/h4-7,10-11H,3,8-9H2,1-2H3,(H,25,30)(H,26,27,28);5H,2-4H2,1H3/q;-1. The Morgan fingerprint density at radius 1 is 1.00 bits per heavy atom. The Balaban J connectivity index is 0.000000557. The van der Waals surface area contributed by atoms with E-state index < -0.39 is 26.0 Å². The second kappa shape index (κ2) is 13.9. The van der Waals surface area contributed by atoms with E-state index in [9.17, 15) is 34.8 Å². The molecule has 3 N–H and O–H groups in total. The van der Waals surface area contributed by atoms with E-state index >= 15 is 0 Å². The Morgan fingerprint density at radius 2 is 1.67 bits per heavy atom. The number of fused-ring (bicyclic) bond motifs is 2. The zero-order valence-electron chi connectivity index (χ0n) is 23.4. The fourth-order valence-corrected chi connectivity index (χ4v) is 5.90. The number of sulfone groups is 2. The second-order valence-corrected chi connectivity index (χ2v) is 15.0. The number of benzene rings is 2. The Hall–Kier alpha value is -3.48. The third-order valence-electron chi connectivity index (χ3n) is 5.62. The Bertz CT molecular complexity index is 1800. The number of hydrogen-bond acceptors (Lipinski definition) is 10. The van der Waals surface area contributed by atoms with Crippen LogP contribution in [-0.4, -0.2) is 80.7 Å². The van der Waals surface area contributed by atoms with Gasteiger partial charge in [-0.25, -0.2) is 26.8 Å². The third kappa shape index (κ3) is 10.9. The first-order valence-corrected chi connectivity index (χ1v) is 17.6. The predicted molar refractivity (Wildman–Crippen MR) is 160 cm³/mol. The van der Waals surface area contributed by atoms with Crippen LogP contribution < -0.4 is 15.4 Å². The monoisotopic (exact) mass is 663 g/mol. The fourth-order valence-electron chi connectivity index (χ4n) is 3.68. The van der Waals surface area contributed by atoms with Gasteiger partial charge < -0.3 is 25.7 Å². The van der Waals surface area contributed by atoms with Crippen LogP contribution in [0.5, 0.6) is 5.75 Å². The van der Waals surface area contributed by atoms with Crippen LogP contribution in [0, 0.1) is 0 Å². The third-order valence-corrected chi connectivity index (χ3v) is 8.62. The van der Waals surface area contributed by atoms with Gasteiger partial charge in [-0.05, 0) is 36.8 Å². The van der Waals surface area contributed by atoms with Crippen molar-refractivity contribution in [3.63, 3.8) is 0 Å². The molecule has 236 valence electrons. The summed E-state index contributed by atoms with van der Waals surface area (Å²) >= 11 is 1.14. The number of aryl methyl sites for hydroxylation is 1. The number of nitrogens with one attached hydrogen (secondary N) is 3. The Morgan fingerprint density at radius 3 is 2.28 bits per heavy atom. The average Bonchev–Trinajstić information content (AvgIpc) is 3.42. The van der Waals surface area contributed by atoms with Crippen LogP contribution in [-0.2, 0) is 26.7 Å². The number of aromatic nitrogens is 3. The number of carbonyl (C=O) groups excluding carboxylic acids is 1. The van der Waals surface area contributed by atoms with Gasteiger partial charge in [0.2, 0.25) is 5.95 Å². The minimum absolute atomic E-state index is 0.00990. The molecule has 12 nitrogen and oxygen atoms in total. The predicted octanol–water partition coefficient (Wildman–Crippen LogP) is 4.46. The molecule has 2 aromatic heterocycles. The van der Waals surface area contributed by atoms with E-state index in [4.69, 9.17) is 5.73 Å². The molecule has 2 heterocycles. The lowest BCUT2D eigenvalue weighted by molar-refractivity contribution is -0.274. The van der Waals surface area contributed by atoms with E-state index in [1.54, 1.807) is 29.8 Å². The lowest BCUT2D eigenvalue weighted by Crippen LogP contribution is -2.25. The molecule has 0 aliphatic heterocycles. The molecule has 0 spiro atoms. The number of nitrogens with zero attached hydrogens (tertiary/aromatic N) is 3. The fraction of sp³-hybridized carbons (Fsp3) is 0.400. The van der Waals surface area contributed by atoms with Crippen molar-refractivity contribution in [2.75, 3.05) is 42.4 Å². The van der Waals surface area contributed by atoms with Gasteiger partial charge >= 0.3 is 6.36 Å². The summed E-state index contributed by atoms with van der Waals surface area (Å²) in [7, 11) is -4.13. The van der Waals surface area contributed by atoms with Crippen molar-refractivity contribution in [2.45, 2.75) is 19.2 Å². The summed E-state index contributed by atoms with van der Waals surface area (Å²) in [6, 6.07) is 8.89. The van der Waals surface area contributed by atoms with Crippen LogP contribution in [0.1, 0.15) is 23.2 Å². The molecule has 0 fully saturated rings. The lowest BCUT2D eigenvalue weighted by Gasteiger charge is -2.07. The Labute approximate surface area is 250 Å². The molecule has 0 unspecified atom stereocenters. The number of imidazole rings is 1. The molecular formula is C25H30F3N6O6S3-. The Kier molecular flexibility index (Phi) is 11.0. The summed E-state index contributed by atoms with van der Waals surface area (Å²) in [6.07, 6.45) is -1.68. The van der Waals surface area contributed by atoms with Crippen LogP contribution in [0.4, 0.5) is 24.3 Å². The smallest absolute Gasteiger partial charge is 0.573 e. The summed E-state index contributed by atoms with van der Waals surface area (Å²) in [5.74, 6) is -0.106. The van der Waals surface area contributed by atoms with Gasteiger partial charge in [0.25, 0.3) is 5.91 Å². The molecule has 0 bridgehead atoms. The van der Waals surface area contributed by atoms with E-state index in [-0.39, 0.29) is 36.3 Å². The van der Waals surface area contributed by atoms with Gasteiger partial charge in [0.15, 0.2) is 5.13 Å². The molecule has 0 atom stereocenters. The van der Waals surface area contributed by atoms with Crippen LogP contribution in [0.3, 0.4) is 0 Å². The van der Waals surface area contributed by atoms with Crippen molar-refractivity contribution < 1.29 is 39.5 Å². The molecule has 1 amide bonds. The molecule has 2 aromatic carbocycles. The molecule has 0 radical (unpaired) electrons. The molecule has 0 aliphatic rings. The minimum atomic E-state index is -4.78. The SMILES string of the molecule is CS(=O)(=O)CCC[NH-].Cn1c(Nc2nc3ccc(OC(F)(F)F)cc3s2)nc2cc(C(=O)NCCCS(C)(=O)=O)ccc21. The summed E-state index contributed by atoms with van der Waals surface area (Å²) in [5, 5.41) is 6.17. The maximum Gasteiger partial charge on any atom is 0.573 e. The van der Waals surface area contributed by atoms with Crippen molar-refractivity contribution in [1.82, 2.24) is 19.9 Å². The van der Waals surface area contributed by atoms with Gasteiger partial charge in [0.1, 0.15) is 25.4 Å². The van der Waals surface area contributed by atoms with Gasteiger partial charge in [-0.3, -0.25) is 4.79 Å². The quantitative estimate of drug-likeness (QED) is 0.220. The molecule has 4 aromatic rings. The van der Waals surface area contributed by atoms with Gasteiger partial charge in [-0.2, -0.15) is 6.54 Å². The number of halogens is 3. The lowest BCUT2D eigenvalue weighted by atomic mass is 10.2. The van der Waals surface area contributed by atoms with E-state index in [2.05, 4.69) is 25.3 Å². The number of anilines is 2. The van der Waals surface area contributed by atoms with Gasteiger partial charge in [0, 0.05) is 43.5 Å². The zero-order chi connectivity index (χ0) is 32.0. The summed E-state index contributed by atoms with van der Waals surface area (Å²) < 4.78 is 86.6. The number of rotatable bonds is 11. The first kappa shape index (κ1) is 34.0. The number of amides is 1. The van der Waals surface area contributed by atoms with Crippen molar-refractivity contribution in [3.05, 3.63) is 47.7 Å². The molecule has 18 heteroatoms. The van der Waals surface area contributed by atoms with Crippen molar-refractivity contribution in [1.29, 1.82) is 0 Å². The largest absolute Gasteiger partial charge is 0.677 e. The van der Waals surface area contributed by atoms with Crippen molar-refractivity contribution in [3.8, 4) is 5.75 Å². The van der Waals surface area contributed by atoms with Crippen LogP contribution in [0.15, 0.2) is 36.4 Å². The molecule has 0 saturated heterocycles. The second-order valence-electron chi connectivity index (χ2n) is 9.49. The van der Waals surface area contributed by atoms with E-state index in [1.807, 2.05) is 0 Å². The number of alkyl halides is 3. The van der Waals surface area contributed by atoms with Gasteiger partial charge in [-0.1, -0.05) is 17.8 Å². The highest BCUT2D eigenvalue weighted by molar-refractivity contribution is 7.90. The van der Waals surface area contributed by atoms with Crippen LogP contribution in [0.2, 0.25) is 0 Å². The minimum Gasteiger partial charge on any atom is -0.677 e. The van der Waals surface area contributed by atoms with E-state index in [0.29, 0.717) is 45.2 Å². The highest BCUT2D eigenvalue weighted by Gasteiger charge is 2.31. The number of thiazole rings is 1.